The summed E-state index contributed by atoms with van der Waals surface area (Å²) in [6.45, 7) is 2.16. The van der Waals surface area contributed by atoms with Crippen LogP contribution in [0, 0.1) is 0 Å². The lowest BCUT2D eigenvalue weighted by atomic mass is 10.1. The number of hydrogen-bond acceptors (Lipinski definition) is 3. The van der Waals surface area contributed by atoms with E-state index >= 15 is 0 Å². The van der Waals surface area contributed by atoms with Crippen LogP contribution in [0.4, 0.5) is 10.5 Å². The molecule has 2 heterocycles. The molecule has 0 atom stereocenters. The van der Waals surface area contributed by atoms with Gasteiger partial charge in [-0.05, 0) is 25.1 Å². The highest BCUT2D eigenvalue weighted by atomic mass is 35.5. The topological polar surface area (TPSA) is 70.7 Å². The molecule has 0 saturated carbocycles. The average Bonchev–Trinajstić information content (AvgIpc) is 2.90. The smallest absolute Gasteiger partial charge is 0.411 e. The maximum Gasteiger partial charge on any atom is 0.411 e. The monoisotopic (exact) mass is 316 g/mol. The number of nitrogens with zero attached hydrogens (tertiary/aromatic N) is 4. The number of carboxylic acid groups (broad SMARTS) is 1. The molecule has 2 aromatic heterocycles. The van der Waals surface area contributed by atoms with Crippen molar-refractivity contribution < 1.29 is 9.90 Å². The average molecular weight is 317 g/mol. The van der Waals surface area contributed by atoms with Gasteiger partial charge < -0.3 is 5.11 Å². The highest BCUT2D eigenvalue weighted by molar-refractivity contribution is 6.33. The number of aromatic nitrogens is 3. The zero-order valence-electron chi connectivity index (χ0n) is 11.8. The molecule has 7 heteroatoms. The first-order valence-electron chi connectivity index (χ1n) is 6.71. The van der Waals surface area contributed by atoms with Gasteiger partial charge in [-0.25, -0.2) is 14.3 Å². The Labute approximate surface area is 131 Å². The predicted octanol–water partition coefficient (Wildman–Crippen LogP) is 3.55. The van der Waals surface area contributed by atoms with E-state index in [-0.39, 0.29) is 0 Å². The molecule has 0 aliphatic rings. The summed E-state index contributed by atoms with van der Waals surface area (Å²) >= 11 is 6.05. The largest absolute Gasteiger partial charge is 0.465 e. The summed E-state index contributed by atoms with van der Waals surface area (Å²) < 4.78 is 1.64. The molecule has 0 spiro atoms. The SMILES string of the molecule is CCN(C(=O)O)c1cccc(-c2ccnc3c(Cl)cnn23)c1. The number of carbonyl (C=O) groups is 1. The Bertz CT molecular complexity index is 846. The summed E-state index contributed by atoms with van der Waals surface area (Å²) in [4.78, 5) is 16.7. The Morgan fingerprint density at radius 1 is 1.41 bits per heavy atom. The summed E-state index contributed by atoms with van der Waals surface area (Å²) in [5.74, 6) is 0. The molecule has 0 aliphatic carbocycles. The molecule has 0 bridgehead atoms. The summed E-state index contributed by atoms with van der Waals surface area (Å²) in [6.07, 6.45) is 2.20. The van der Waals surface area contributed by atoms with E-state index in [4.69, 9.17) is 11.6 Å². The van der Waals surface area contributed by atoms with Gasteiger partial charge in [-0.1, -0.05) is 23.7 Å². The number of amides is 1. The van der Waals surface area contributed by atoms with Crippen molar-refractivity contribution in [2.24, 2.45) is 0 Å². The molecule has 0 radical (unpaired) electrons. The van der Waals surface area contributed by atoms with Crippen molar-refractivity contribution in [2.75, 3.05) is 11.4 Å². The fourth-order valence-corrected chi connectivity index (χ4v) is 2.52. The summed E-state index contributed by atoms with van der Waals surface area (Å²) in [5.41, 5.74) is 2.80. The second-order valence-electron chi connectivity index (χ2n) is 4.64. The molecule has 0 unspecified atom stereocenters. The number of benzene rings is 1. The zero-order chi connectivity index (χ0) is 15.7. The van der Waals surface area contributed by atoms with Crippen LogP contribution in [-0.2, 0) is 0 Å². The Hall–Kier alpha value is -2.60. The molecular weight excluding hydrogens is 304 g/mol. The van der Waals surface area contributed by atoms with Crippen LogP contribution in [0.1, 0.15) is 6.92 Å². The number of hydrogen-bond donors (Lipinski definition) is 1. The van der Waals surface area contributed by atoms with E-state index in [0.717, 1.165) is 11.3 Å². The molecule has 112 valence electrons. The Kier molecular flexibility index (Phi) is 3.68. The number of anilines is 1. The number of rotatable bonds is 3. The third-order valence-electron chi connectivity index (χ3n) is 3.36. The summed E-state index contributed by atoms with van der Waals surface area (Å²) in [5, 5.41) is 13.9. The van der Waals surface area contributed by atoms with Crippen LogP contribution in [-0.4, -0.2) is 32.3 Å². The highest BCUT2D eigenvalue weighted by Crippen LogP contribution is 2.26. The normalized spacial score (nSPS) is 10.8. The summed E-state index contributed by atoms with van der Waals surface area (Å²) in [6, 6.07) is 9.08. The number of fused-ring (bicyclic) bond motifs is 1. The predicted molar refractivity (Wildman–Crippen MR) is 84.5 cm³/mol. The first-order valence-corrected chi connectivity index (χ1v) is 7.08. The Balaban J connectivity index is 2.13. The van der Waals surface area contributed by atoms with Crippen molar-refractivity contribution in [3.63, 3.8) is 0 Å². The molecule has 6 nitrogen and oxygen atoms in total. The van der Waals surface area contributed by atoms with Crippen LogP contribution in [0.15, 0.2) is 42.7 Å². The van der Waals surface area contributed by atoms with Crippen molar-refractivity contribution >= 4 is 29.0 Å². The molecule has 22 heavy (non-hydrogen) atoms. The van der Waals surface area contributed by atoms with Crippen LogP contribution in [0.3, 0.4) is 0 Å². The molecule has 1 aromatic carbocycles. The molecule has 3 rings (SSSR count). The van der Waals surface area contributed by atoms with E-state index in [0.29, 0.717) is 22.9 Å². The van der Waals surface area contributed by atoms with Crippen LogP contribution in [0.2, 0.25) is 5.02 Å². The zero-order valence-corrected chi connectivity index (χ0v) is 12.5. The van der Waals surface area contributed by atoms with E-state index in [9.17, 15) is 9.90 Å². The minimum absolute atomic E-state index is 0.373. The fourth-order valence-electron chi connectivity index (χ4n) is 2.34. The second-order valence-corrected chi connectivity index (χ2v) is 5.04. The highest BCUT2D eigenvalue weighted by Gasteiger charge is 2.14. The molecule has 0 aliphatic heterocycles. The van der Waals surface area contributed by atoms with E-state index in [1.165, 1.54) is 11.1 Å². The number of halogens is 1. The Morgan fingerprint density at radius 2 is 2.23 bits per heavy atom. The lowest BCUT2D eigenvalue weighted by Gasteiger charge is -2.18. The van der Waals surface area contributed by atoms with E-state index in [1.54, 1.807) is 23.7 Å². The molecule has 3 aromatic rings. The van der Waals surface area contributed by atoms with Crippen molar-refractivity contribution in [2.45, 2.75) is 6.92 Å². The minimum Gasteiger partial charge on any atom is -0.465 e. The van der Waals surface area contributed by atoms with Crippen molar-refractivity contribution in [3.05, 3.63) is 47.7 Å². The van der Waals surface area contributed by atoms with Gasteiger partial charge in [0, 0.05) is 24.0 Å². The van der Waals surface area contributed by atoms with Crippen molar-refractivity contribution in [1.29, 1.82) is 0 Å². The molecular formula is C15H13ClN4O2. The van der Waals surface area contributed by atoms with Gasteiger partial charge in [0.25, 0.3) is 0 Å². The molecule has 0 fully saturated rings. The van der Waals surface area contributed by atoms with Crippen LogP contribution in [0.5, 0.6) is 0 Å². The van der Waals surface area contributed by atoms with Gasteiger partial charge in [-0.15, -0.1) is 0 Å². The van der Waals surface area contributed by atoms with Crippen LogP contribution >= 0.6 is 11.6 Å². The van der Waals surface area contributed by atoms with Gasteiger partial charge in [-0.3, -0.25) is 4.90 Å². The van der Waals surface area contributed by atoms with Crippen LogP contribution in [0.25, 0.3) is 16.9 Å². The first-order chi connectivity index (χ1) is 10.6. The minimum atomic E-state index is -0.985. The lowest BCUT2D eigenvalue weighted by molar-refractivity contribution is 0.202. The quantitative estimate of drug-likeness (QED) is 0.802. The van der Waals surface area contributed by atoms with Gasteiger partial charge in [0.15, 0.2) is 5.65 Å². The molecule has 1 amide bonds. The summed E-state index contributed by atoms with van der Waals surface area (Å²) in [7, 11) is 0. The third kappa shape index (κ3) is 2.37. The third-order valence-corrected chi connectivity index (χ3v) is 3.63. The second kappa shape index (κ2) is 5.65. The van der Waals surface area contributed by atoms with Gasteiger partial charge in [0.2, 0.25) is 0 Å². The fraction of sp³-hybridized carbons (Fsp3) is 0.133. The van der Waals surface area contributed by atoms with Gasteiger partial charge in [0.05, 0.1) is 11.9 Å². The standard InChI is InChI=1S/C15H13ClN4O2/c1-2-19(15(21)22)11-5-3-4-10(8-11)13-6-7-17-14-12(16)9-18-20(13)14/h3-9H,2H2,1H3,(H,21,22). The molecule has 1 N–H and O–H groups in total. The van der Waals surface area contributed by atoms with E-state index < -0.39 is 6.09 Å². The van der Waals surface area contributed by atoms with Crippen molar-refractivity contribution in [1.82, 2.24) is 14.6 Å². The molecule has 0 saturated heterocycles. The van der Waals surface area contributed by atoms with Gasteiger partial charge in [0.1, 0.15) is 5.02 Å². The first kappa shape index (κ1) is 14.3. The lowest BCUT2D eigenvalue weighted by Crippen LogP contribution is -2.28. The van der Waals surface area contributed by atoms with Crippen molar-refractivity contribution in [3.8, 4) is 11.3 Å². The van der Waals surface area contributed by atoms with E-state index in [1.807, 2.05) is 24.3 Å². The van der Waals surface area contributed by atoms with E-state index in [2.05, 4.69) is 10.1 Å². The maximum atomic E-state index is 11.3. The Morgan fingerprint density at radius 3 is 2.95 bits per heavy atom. The maximum absolute atomic E-state index is 11.3. The van der Waals surface area contributed by atoms with Gasteiger partial charge >= 0.3 is 6.09 Å². The van der Waals surface area contributed by atoms with Crippen LogP contribution < -0.4 is 4.90 Å². The van der Waals surface area contributed by atoms with Gasteiger partial charge in [-0.2, -0.15) is 5.10 Å².